The Morgan fingerprint density at radius 1 is 1.38 bits per heavy atom. The minimum atomic E-state index is -1.27. The molecule has 10 heteroatoms. The minimum Gasteiger partial charge on any atom is -0.481 e. The van der Waals surface area contributed by atoms with Gasteiger partial charge in [0.2, 0.25) is 5.90 Å². The zero-order chi connectivity index (χ0) is 21.8. The minimum absolute atomic E-state index is 0.0716. The second-order valence-corrected chi connectivity index (χ2v) is 7.28. The van der Waals surface area contributed by atoms with Gasteiger partial charge in [-0.25, -0.2) is 9.78 Å². The van der Waals surface area contributed by atoms with Gasteiger partial charge >= 0.3 is 6.03 Å². The monoisotopic (exact) mass is 421 g/mol. The Bertz CT molecular complexity index is 897. The Balaban J connectivity index is 2.25. The second-order valence-electron chi connectivity index (χ2n) is 6.85. The number of nitrogens with zero attached hydrogens (tertiary/aromatic N) is 1. The molecule has 0 aliphatic heterocycles. The fourth-order valence-corrected chi connectivity index (χ4v) is 2.89. The number of halogens is 1. The van der Waals surface area contributed by atoms with Crippen LogP contribution in [0.1, 0.15) is 36.7 Å². The molecule has 2 amide bonds. The Hall–Kier alpha value is -2.88. The third kappa shape index (κ3) is 5.57. The first-order valence-corrected chi connectivity index (χ1v) is 9.03. The van der Waals surface area contributed by atoms with Crippen molar-refractivity contribution in [3.63, 3.8) is 0 Å². The van der Waals surface area contributed by atoms with Crippen molar-refractivity contribution < 1.29 is 19.7 Å². The molecule has 0 spiro atoms. The molecule has 0 radical (unpaired) electrons. The van der Waals surface area contributed by atoms with Crippen LogP contribution in [0.4, 0.5) is 16.3 Å². The number of amides is 2. The zero-order valence-electron chi connectivity index (χ0n) is 16.3. The molecule has 1 atom stereocenters. The largest absolute Gasteiger partial charge is 0.481 e. The smallest absolute Gasteiger partial charge is 0.320 e. The van der Waals surface area contributed by atoms with Crippen LogP contribution in [-0.4, -0.2) is 39.8 Å². The van der Waals surface area contributed by atoms with Crippen LogP contribution in [0.25, 0.3) is 0 Å². The molecule has 7 N–H and O–H groups in total. The highest BCUT2D eigenvalue weighted by atomic mass is 35.5. The summed E-state index contributed by atoms with van der Waals surface area (Å²) in [5, 5.41) is 33.5. The van der Waals surface area contributed by atoms with Gasteiger partial charge in [-0.3, -0.25) is 10.7 Å². The summed E-state index contributed by atoms with van der Waals surface area (Å²) >= 11 is 5.91. The molecule has 0 aliphatic carbocycles. The summed E-state index contributed by atoms with van der Waals surface area (Å²) in [4.78, 5) is 16.6. The number of urea groups is 1. The van der Waals surface area contributed by atoms with Gasteiger partial charge in [0.1, 0.15) is 5.82 Å². The van der Waals surface area contributed by atoms with Crippen LogP contribution >= 0.6 is 11.6 Å². The number of anilines is 2. The van der Waals surface area contributed by atoms with E-state index >= 15 is 0 Å². The third-order valence-corrected chi connectivity index (χ3v) is 4.38. The molecule has 0 fully saturated rings. The van der Waals surface area contributed by atoms with Gasteiger partial charge in [0.15, 0.2) is 0 Å². The lowest BCUT2D eigenvalue weighted by Gasteiger charge is -2.30. The summed E-state index contributed by atoms with van der Waals surface area (Å²) < 4.78 is 4.84. The number of nitrogens with two attached hydrogens (primary N) is 1. The molecule has 2 aromatic rings. The number of carbonyl (C=O) groups is 1. The standard InChI is InChI=1S/C19H24ClN5O4/c1-19(2,28)16(10-4-6-11(20)7-5-10)25-18(27)24-14-8-12(21)15(17(22)29-3)13(9-26)23-14/h4-8,16,22,26,28H,9H2,1-3H3,(H4,21,23,24,25,27)/t16-/m0/s1. The van der Waals surface area contributed by atoms with E-state index in [2.05, 4.69) is 15.6 Å². The average Bonchev–Trinajstić information content (AvgIpc) is 2.65. The normalized spacial score (nSPS) is 12.2. The molecule has 0 saturated heterocycles. The van der Waals surface area contributed by atoms with E-state index in [4.69, 9.17) is 27.5 Å². The molecule has 1 aromatic carbocycles. The van der Waals surface area contributed by atoms with Crippen LogP contribution in [0.3, 0.4) is 0 Å². The van der Waals surface area contributed by atoms with Gasteiger partial charge in [-0.15, -0.1) is 0 Å². The number of nitrogens with one attached hydrogen (secondary N) is 3. The summed E-state index contributed by atoms with van der Waals surface area (Å²) in [7, 11) is 1.30. The number of hydrogen-bond acceptors (Lipinski definition) is 7. The molecule has 1 aromatic heterocycles. The van der Waals surface area contributed by atoms with Crippen molar-refractivity contribution in [2.75, 3.05) is 18.2 Å². The van der Waals surface area contributed by atoms with Crippen molar-refractivity contribution in [1.29, 1.82) is 5.41 Å². The predicted molar refractivity (Wildman–Crippen MR) is 111 cm³/mol. The van der Waals surface area contributed by atoms with Crippen LogP contribution in [-0.2, 0) is 11.3 Å². The molecule has 9 nitrogen and oxygen atoms in total. The molecular weight excluding hydrogens is 398 g/mol. The van der Waals surface area contributed by atoms with E-state index in [0.717, 1.165) is 0 Å². The van der Waals surface area contributed by atoms with E-state index in [9.17, 15) is 15.0 Å². The number of pyridine rings is 1. The molecule has 0 aliphatic rings. The molecule has 1 heterocycles. The summed E-state index contributed by atoms with van der Waals surface area (Å²) in [5.41, 5.74) is 5.66. The summed E-state index contributed by atoms with van der Waals surface area (Å²) in [6.07, 6.45) is 0. The SMILES string of the molecule is COC(=N)c1c(N)cc(NC(=O)N[C@@H](c2ccc(Cl)cc2)C(C)(C)O)nc1CO. The fourth-order valence-electron chi connectivity index (χ4n) is 2.77. The number of aliphatic hydroxyl groups excluding tert-OH is 1. The topological polar surface area (TPSA) is 154 Å². The van der Waals surface area contributed by atoms with Crippen LogP contribution in [0.15, 0.2) is 30.3 Å². The molecule has 0 saturated carbocycles. The molecule has 156 valence electrons. The van der Waals surface area contributed by atoms with Gasteiger partial charge in [0.25, 0.3) is 0 Å². The lowest BCUT2D eigenvalue weighted by Crippen LogP contribution is -2.44. The summed E-state index contributed by atoms with van der Waals surface area (Å²) in [6, 6.07) is 6.70. The highest BCUT2D eigenvalue weighted by molar-refractivity contribution is 6.30. The number of aliphatic hydroxyl groups is 2. The first-order chi connectivity index (χ1) is 13.6. The molecule has 2 rings (SSSR count). The number of nitrogen functional groups attached to an aromatic ring is 1. The van der Waals surface area contributed by atoms with Crippen molar-refractivity contribution in [1.82, 2.24) is 10.3 Å². The number of aromatic nitrogens is 1. The molecular formula is C19H24ClN5O4. The van der Waals surface area contributed by atoms with E-state index in [-0.39, 0.29) is 28.7 Å². The average molecular weight is 422 g/mol. The van der Waals surface area contributed by atoms with Gasteiger partial charge in [0, 0.05) is 16.8 Å². The summed E-state index contributed by atoms with van der Waals surface area (Å²) in [5.74, 6) is -0.179. The second kappa shape index (κ2) is 9.08. The lowest BCUT2D eigenvalue weighted by atomic mass is 9.92. The fraction of sp³-hybridized carbons (Fsp3) is 0.316. The maximum atomic E-state index is 12.5. The number of methoxy groups -OCH3 is 1. The summed E-state index contributed by atoms with van der Waals surface area (Å²) in [6.45, 7) is 2.63. The first kappa shape index (κ1) is 22.4. The van der Waals surface area contributed by atoms with Crippen LogP contribution in [0, 0.1) is 5.41 Å². The van der Waals surface area contributed by atoms with Crippen LogP contribution < -0.4 is 16.4 Å². The van der Waals surface area contributed by atoms with Crippen LogP contribution in [0.2, 0.25) is 5.02 Å². The Kier molecular flexibility index (Phi) is 7.02. The Morgan fingerprint density at radius 2 is 2.00 bits per heavy atom. The van der Waals surface area contributed by atoms with Crippen molar-refractivity contribution >= 4 is 35.0 Å². The van der Waals surface area contributed by atoms with E-state index in [1.165, 1.54) is 13.2 Å². The van der Waals surface area contributed by atoms with E-state index in [0.29, 0.717) is 10.6 Å². The number of benzene rings is 1. The van der Waals surface area contributed by atoms with E-state index in [1.807, 2.05) is 0 Å². The van der Waals surface area contributed by atoms with E-state index < -0.39 is 24.3 Å². The Morgan fingerprint density at radius 3 is 2.52 bits per heavy atom. The van der Waals surface area contributed by atoms with Gasteiger partial charge in [-0.2, -0.15) is 0 Å². The predicted octanol–water partition coefficient (Wildman–Crippen LogP) is 2.41. The lowest BCUT2D eigenvalue weighted by molar-refractivity contribution is 0.0415. The van der Waals surface area contributed by atoms with Gasteiger partial charge in [-0.05, 0) is 31.5 Å². The van der Waals surface area contributed by atoms with Crippen molar-refractivity contribution in [2.45, 2.75) is 32.1 Å². The number of ether oxygens (including phenoxy) is 1. The maximum Gasteiger partial charge on any atom is 0.320 e. The van der Waals surface area contributed by atoms with E-state index in [1.54, 1.807) is 38.1 Å². The maximum absolute atomic E-state index is 12.5. The van der Waals surface area contributed by atoms with Gasteiger partial charge in [-0.1, -0.05) is 23.7 Å². The quantitative estimate of drug-likeness (QED) is 0.311. The van der Waals surface area contributed by atoms with Crippen molar-refractivity contribution in [3.05, 3.63) is 52.2 Å². The third-order valence-electron chi connectivity index (χ3n) is 4.13. The van der Waals surface area contributed by atoms with Gasteiger partial charge in [0.05, 0.1) is 36.6 Å². The highest BCUT2D eigenvalue weighted by Gasteiger charge is 2.30. The molecule has 0 unspecified atom stereocenters. The number of rotatable bonds is 6. The number of carbonyl (C=O) groups excluding carboxylic acids is 1. The van der Waals surface area contributed by atoms with Crippen LogP contribution in [0.5, 0.6) is 0 Å². The molecule has 0 bridgehead atoms. The molecule has 29 heavy (non-hydrogen) atoms. The zero-order valence-corrected chi connectivity index (χ0v) is 17.0. The first-order valence-electron chi connectivity index (χ1n) is 8.65. The highest BCUT2D eigenvalue weighted by Crippen LogP contribution is 2.27. The number of hydrogen-bond donors (Lipinski definition) is 6. The van der Waals surface area contributed by atoms with Crippen molar-refractivity contribution in [3.8, 4) is 0 Å². The van der Waals surface area contributed by atoms with Gasteiger partial charge < -0.3 is 26.0 Å². The van der Waals surface area contributed by atoms with Crippen molar-refractivity contribution in [2.24, 2.45) is 0 Å². The Labute approximate surface area is 173 Å².